The Morgan fingerprint density at radius 2 is 2.00 bits per heavy atom. The second kappa shape index (κ2) is 6.03. The van der Waals surface area contributed by atoms with E-state index in [1.165, 1.54) is 12.8 Å². The molecule has 1 aromatic carbocycles. The molecular formula is C14H22N2O. The van der Waals surface area contributed by atoms with Crippen molar-refractivity contribution < 1.29 is 5.11 Å². The molecule has 1 saturated carbocycles. The van der Waals surface area contributed by atoms with Gasteiger partial charge in [-0.15, -0.1) is 0 Å². The Balaban J connectivity index is 1.77. The summed E-state index contributed by atoms with van der Waals surface area (Å²) in [6.07, 6.45) is 4.39. The molecular weight excluding hydrogens is 212 g/mol. The van der Waals surface area contributed by atoms with E-state index >= 15 is 0 Å². The number of aliphatic hydroxyl groups is 1. The van der Waals surface area contributed by atoms with Crippen molar-refractivity contribution in [2.75, 3.05) is 12.3 Å². The van der Waals surface area contributed by atoms with Gasteiger partial charge in [0.1, 0.15) is 0 Å². The summed E-state index contributed by atoms with van der Waals surface area (Å²) in [5.74, 6) is 0.411. The molecule has 3 heteroatoms. The molecule has 1 aromatic rings. The van der Waals surface area contributed by atoms with Gasteiger partial charge in [0.05, 0.1) is 6.10 Å². The normalized spacial score (nSPS) is 24.8. The fourth-order valence-electron chi connectivity index (χ4n) is 2.51. The second-order valence-corrected chi connectivity index (χ2v) is 4.94. The summed E-state index contributed by atoms with van der Waals surface area (Å²) in [5.41, 5.74) is 7.85. The highest BCUT2D eigenvalue weighted by molar-refractivity contribution is 5.46. The minimum atomic E-state index is -0.121. The Hall–Kier alpha value is -1.06. The van der Waals surface area contributed by atoms with Crippen molar-refractivity contribution >= 4 is 5.69 Å². The number of hydrogen-bond acceptors (Lipinski definition) is 3. The lowest BCUT2D eigenvalue weighted by Gasteiger charge is -2.27. The Kier molecular flexibility index (Phi) is 4.40. The number of benzene rings is 1. The van der Waals surface area contributed by atoms with Crippen molar-refractivity contribution in [3.05, 3.63) is 29.8 Å². The molecule has 0 aromatic heterocycles. The zero-order valence-corrected chi connectivity index (χ0v) is 10.2. The monoisotopic (exact) mass is 234 g/mol. The summed E-state index contributed by atoms with van der Waals surface area (Å²) < 4.78 is 0. The fraction of sp³-hybridized carbons (Fsp3) is 0.571. The molecule has 17 heavy (non-hydrogen) atoms. The van der Waals surface area contributed by atoms with Gasteiger partial charge in [0, 0.05) is 18.8 Å². The molecule has 1 aliphatic carbocycles. The molecule has 2 atom stereocenters. The average molecular weight is 234 g/mol. The first kappa shape index (κ1) is 12.4. The summed E-state index contributed by atoms with van der Waals surface area (Å²) in [7, 11) is 0. The van der Waals surface area contributed by atoms with Crippen LogP contribution in [-0.4, -0.2) is 17.8 Å². The molecule has 0 saturated heterocycles. The van der Waals surface area contributed by atoms with Gasteiger partial charge in [-0.25, -0.2) is 0 Å². The third-order valence-electron chi connectivity index (χ3n) is 3.65. The molecule has 0 radical (unpaired) electrons. The van der Waals surface area contributed by atoms with E-state index in [0.717, 1.165) is 37.2 Å². The van der Waals surface area contributed by atoms with E-state index in [4.69, 9.17) is 5.73 Å². The van der Waals surface area contributed by atoms with Crippen LogP contribution in [0.2, 0.25) is 0 Å². The van der Waals surface area contributed by atoms with Crippen LogP contribution >= 0.6 is 0 Å². The molecule has 94 valence electrons. The first-order chi connectivity index (χ1) is 8.27. The van der Waals surface area contributed by atoms with Crippen molar-refractivity contribution in [2.24, 2.45) is 5.92 Å². The molecule has 2 unspecified atom stereocenters. The Bertz CT molecular complexity index is 354. The van der Waals surface area contributed by atoms with Gasteiger partial charge in [-0.2, -0.15) is 0 Å². The second-order valence-electron chi connectivity index (χ2n) is 4.94. The third-order valence-corrected chi connectivity index (χ3v) is 3.65. The van der Waals surface area contributed by atoms with E-state index in [-0.39, 0.29) is 6.10 Å². The standard InChI is InChI=1S/C14H22N2O/c15-13-7-3-1-5-11(13)9-16-10-12-6-2-4-8-14(12)17/h1,3,5,7,12,14,16-17H,2,4,6,8-10,15H2. The zero-order chi connectivity index (χ0) is 12.1. The predicted octanol–water partition coefficient (Wildman–Crippen LogP) is 1.91. The summed E-state index contributed by atoms with van der Waals surface area (Å²) in [6.45, 7) is 1.67. The summed E-state index contributed by atoms with van der Waals surface area (Å²) >= 11 is 0. The number of hydrogen-bond donors (Lipinski definition) is 3. The van der Waals surface area contributed by atoms with Gasteiger partial charge in [0.2, 0.25) is 0 Å². The number of para-hydroxylation sites is 1. The Morgan fingerprint density at radius 3 is 2.76 bits per heavy atom. The minimum Gasteiger partial charge on any atom is -0.398 e. The third kappa shape index (κ3) is 3.45. The van der Waals surface area contributed by atoms with E-state index in [1.807, 2.05) is 24.3 Å². The van der Waals surface area contributed by atoms with E-state index in [0.29, 0.717) is 5.92 Å². The molecule has 2 rings (SSSR count). The van der Waals surface area contributed by atoms with Gasteiger partial charge in [0.25, 0.3) is 0 Å². The van der Waals surface area contributed by atoms with Crippen LogP contribution in [0.15, 0.2) is 24.3 Å². The van der Waals surface area contributed by atoms with Gasteiger partial charge in [0.15, 0.2) is 0 Å². The van der Waals surface area contributed by atoms with Crippen LogP contribution < -0.4 is 11.1 Å². The molecule has 1 aliphatic rings. The van der Waals surface area contributed by atoms with Crippen LogP contribution in [0.5, 0.6) is 0 Å². The number of anilines is 1. The zero-order valence-electron chi connectivity index (χ0n) is 10.2. The van der Waals surface area contributed by atoms with Gasteiger partial charge in [-0.1, -0.05) is 31.0 Å². The topological polar surface area (TPSA) is 58.3 Å². The van der Waals surface area contributed by atoms with Crippen LogP contribution in [0.25, 0.3) is 0 Å². The number of nitrogen functional groups attached to an aromatic ring is 1. The lowest BCUT2D eigenvalue weighted by atomic mass is 9.86. The number of nitrogens with one attached hydrogen (secondary N) is 1. The highest BCUT2D eigenvalue weighted by atomic mass is 16.3. The van der Waals surface area contributed by atoms with Gasteiger partial charge < -0.3 is 16.2 Å². The highest BCUT2D eigenvalue weighted by Crippen LogP contribution is 2.23. The van der Waals surface area contributed by atoms with Crippen molar-refractivity contribution in [1.82, 2.24) is 5.32 Å². The maximum atomic E-state index is 9.86. The predicted molar refractivity (Wildman–Crippen MR) is 70.5 cm³/mol. The van der Waals surface area contributed by atoms with E-state index in [1.54, 1.807) is 0 Å². The largest absolute Gasteiger partial charge is 0.398 e. The molecule has 0 heterocycles. The minimum absolute atomic E-state index is 0.121. The van der Waals surface area contributed by atoms with Gasteiger partial charge in [-0.05, 0) is 30.4 Å². The summed E-state index contributed by atoms with van der Waals surface area (Å²) in [6, 6.07) is 7.92. The van der Waals surface area contributed by atoms with Crippen molar-refractivity contribution in [2.45, 2.75) is 38.3 Å². The molecule has 1 fully saturated rings. The smallest absolute Gasteiger partial charge is 0.0580 e. The number of rotatable bonds is 4. The summed E-state index contributed by atoms with van der Waals surface area (Å²) in [4.78, 5) is 0. The van der Waals surface area contributed by atoms with Gasteiger partial charge >= 0.3 is 0 Å². The molecule has 0 bridgehead atoms. The average Bonchev–Trinajstić information content (AvgIpc) is 2.34. The van der Waals surface area contributed by atoms with Crippen molar-refractivity contribution in [3.63, 3.8) is 0 Å². The molecule has 0 spiro atoms. The van der Waals surface area contributed by atoms with Crippen LogP contribution in [0.3, 0.4) is 0 Å². The Morgan fingerprint density at radius 1 is 1.24 bits per heavy atom. The molecule has 3 nitrogen and oxygen atoms in total. The van der Waals surface area contributed by atoms with Gasteiger partial charge in [-0.3, -0.25) is 0 Å². The highest BCUT2D eigenvalue weighted by Gasteiger charge is 2.22. The Labute approximate surface area is 103 Å². The fourth-order valence-corrected chi connectivity index (χ4v) is 2.51. The summed E-state index contributed by atoms with van der Waals surface area (Å²) in [5, 5.41) is 13.3. The van der Waals surface area contributed by atoms with Crippen molar-refractivity contribution in [1.29, 1.82) is 0 Å². The first-order valence-electron chi connectivity index (χ1n) is 6.49. The SMILES string of the molecule is Nc1ccccc1CNCC1CCCCC1O. The molecule has 0 amide bonds. The quantitative estimate of drug-likeness (QED) is 0.697. The lowest BCUT2D eigenvalue weighted by Crippen LogP contribution is -2.33. The maximum Gasteiger partial charge on any atom is 0.0580 e. The number of nitrogens with two attached hydrogens (primary N) is 1. The van der Waals surface area contributed by atoms with Crippen molar-refractivity contribution in [3.8, 4) is 0 Å². The molecule has 4 N–H and O–H groups in total. The van der Waals surface area contributed by atoms with E-state index in [9.17, 15) is 5.11 Å². The van der Waals surface area contributed by atoms with E-state index in [2.05, 4.69) is 5.32 Å². The first-order valence-corrected chi connectivity index (χ1v) is 6.49. The number of aliphatic hydroxyl groups excluding tert-OH is 1. The maximum absolute atomic E-state index is 9.86. The molecule has 0 aliphatic heterocycles. The van der Waals surface area contributed by atoms with Crippen LogP contribution in [-0.2, 0) is 6.54 Å². The van der Waals surface area contributed by atoms with Crippen LogP contribution in [0, 0.1) is 5.92 Å². The lowest BCUT2D eigenvalue weighted by molar-refractivity contribution is 0.0695. The van der Waals surface area contributed by atoms with Crippen LogP contribution in [0.4, 0.5) is 5.69 Å². The van der Waals surface area contributed by atoms with E-state index < -0.39 is 0 Å². The van der Waals surface area contributed by atoms with Crippen LogP contribution in [0.1, 0.15) is 31.2 Å².